The predicted octanol–water partition coefficient (Wildman–Crippen LogP) is 2.19. The Balaban J connectivity index is 3.04. The number of carbonyl (C=O) groups is 2. The Bertz CT molecular complexity index is 560. The highest BCUT2D eigenvalue weighted by Crippen LogP contribution is 2.21. The summed E-state index contributed by atoms with van der Waals surface area (Å²) in [5.41, 5.74) is 0.220. The van der Waals surface area contributed by atoms with Crippen LogP contribution in [0.5, 0.6) is 5.75 Å². The van der Waals surface area contributed by atoms with Gasteiger partial charge >= 0.3 is 12.6 Å². The first kappa shape index (κ1) is 17.5. The van der Waals surface area contributed by atoms with Crippen LogP contribution in [0.15, 0.2) is 24.5 Å². The van der Waals surface area contributed by atoms with Crippen molar-refractivity contribution in [2.24, 2.45) is 0 Å². The highest BCUT2D eigenvalue weighted by molar-refractivity contribution is 6.39. The second kappa shape index (κ2) is 8.71. The van der Waals surface area contributed by atoms with E-state index in [2.05, 4.69) is 14.5 Å². The third-order valence-corrected chi connectivity index (χ3v) is 2.26. The van der Waals surface area contributed by atoms with Crippen molar-refractivity contribution < 1.29 is 32.6 Å². The number of rotatable bonds is 8. The van der Waals surface area contributed by atoms with Crippen LogP contribution in [0.2, 0.25) is 0 Å². The van der Waals surface area contributed by atoms with Crippen LogP contribution in [-0.4, -0.2) is 36.6 Å². The van der Waals surface area contributed by atoms with Gasteiger partial charge in [-0.2, -0.15) is 8.78 Å². The lowest BCUT2D eigenvalue weighted by molar-refractivity contribution is -0.151. The summed E-state index contributed by atoms with van der Waals surface area (Å²) in [5, 5.41) is 0. The van der Waals surface area contributed by atoms with Gasteiger partial charge in [0, 0.05) is 17.8 Å². The van der Waals surface area contributed by atoms with E-state index in [0.29, 0.717) is 0 Å². The zero-order valence-electron chi connectivity index (χ0n) is 12.0. The number of ether oxygens (including phenoxy) is 3. The van der Waals surface area contributed by atoms with Crippen LogP contribution in [0.4, 0.5) is 8.78 Å². The van der Waals surface area contributed by atoms with Crippen molar-refractivity contribution in [3.8, 4) is 5.75 Å². The molecule has 0 fully saturated rings. The van der Waals surface area contributed by atoms with Crippen molar-refractivity contribution in [2.45, 2.75) is 20.5 Å². The number of alkyl halides is 2. The quantitative estimate of drug-likeness (QED) is 0.317. The van der Waals surface area contributed by atoms with E-state index in [4.69, 9.17) is 4.74 Å². The predicted molar refractivity (Wildman–Crippen MR) is 72.1 cm³/mol. The zero-order valence-corrected chi connectivity index (χ0v) is 12.0. The molecule has 0 saturated carbocycles. The Hall–Kier alpha value is -2.51. The maximum absolute atomic E-state index is 12.2. The molecule has 22 heavy (non-hydrogen) atoms. The largest absolute Gasteiger partial charge is 0.493 e. The van der Waals surface area contributed by atoms with Gasteiger partial charge in [0.05, 0.1) is 19.4 Å². The molecule has 0 aromatic carbocycles. The monoisotopic (exact) mass is 315 g/mol. The van der Waals surface area contributed by atoms with E-state index in [0.717, 1.165) is 12.3 Å². The molecular weight excluding hydrogens is 300 g/mol. The minimum Gasteiger partial charge on any atom is -0.493 e. The van der Waals surface area contributed by atoms with Gasteiger partial charge in [0.2, 0.25) is 0 Å². The van der Waals surface area contributed by atoms with Crippen molar-refractivity contribution in [1.82, 2.24) is 4.98 Å². The average molecular weight is 315 g/mol. The highest BCUT2D eigenvalue weighted by Gasteiger charge is 2.16. The minimum atomic E-state index is -3.00. The van der Waals surface area contributed by atoms with Crippen LogP contribution in [0.3, 0.4) is 0 Å². The van der Waals surface area contributed by atoms with Gasteiger partial charge in [-0.3, -0.25) is 9.78 Å². The Morgan fingerprint density at radius 1 is 1.23 bits per heavy atom. The number of halogens is 2. The number of carbonyl (C=O) groups excluding carboxylic acids is 2. The van der Waals surface area contributed by atoms with E-state index in [-0.39, 0.29) is 30.3 Å². The van der Waals surface area contributed by atoms with Crippen LogP contribution in [-0.2, 0) is 19.1 Å². The molecule has 0 atom stereocenters. The third-order valence-electron chi connectivity index (χ3n) is 2.26. The SMILES string of the molecule is CCOC(=O)C(=O)/C=C(\OCC)c1cncc(OC(F)F)c1. The van der Waals surface area contributed by atoms with Crippen molar-refractivity contribution in [2.75, 3.05) is 13.2 Å². The summed E-state index contributed by atoms with van der Waals surface area (Å²) in [5.74, 6) is -2.15. The van der Waals surface area contributed by atoms with Crippen LogP contribution in [0, 0.1) is 0 Å². The molecule has 8 heteroatoms. The molecule has 1 aromatic heterocycles. The normalized spacial score (nSPS) is 11.2. The Morgan fingerprint density at radius 2 is 1.91 bits per heavy atom. The summed E-state index contributed by atoms with van der Waals surface area (Å²) in [6.07, 6.45) is 3.30. The molecule has 120 valence electrons. The lowest BCUT2D eigenvalue weighted by atomic mass is 10.2. The van der Waals surface area contributed by atoms with Crippen molar-refractivity contribution in [3.63, 3.8) is 0 Å². The van der Waals surface area contributed by atoms with Gasteiger partial charge in [-0.25, -0.2) is 4.79 Å². The molecule has 0 spiro atoms. The molecule has 0 amide bonds. The zero-order chi connectivity index (χ0) is 16.5. The van der Waals surface area contributed by atoms with E-state index in [1.54, 1.807) is 13.8 Å². The van der Waals surface area contributed by atoms with Gasteiger partial charge in [-0.15, -0.1) is 0 Å². The lowest BCUT2D eigenvalue weighted by Crippen LogP contribution is -2.15. The summed E-state index contributed by atoms with van der Waals surface area (Å²) in [4.78, 5) is 26.7. The second-order valence-electron chi connectivity index (χ2n) is 3.81. The number of nitrogens with zero attached hydrogens (tertiary/aromatic N) is 1. The summed E-state index contributed by atoms with van der Waals surface area (Å²) in [6.45, 7) is 0.477. The third kappa shape index (κ3) is 5.47. The molecule has 0 aliphatic carbocycles. The standard InChI is InChI=1S/C14H15F2NO5/c1-3-20-12(6-11(18)13(19)21-4-2)9-5-10(8-17-7-9)22-14(15)16/h5-8,14H,3-4H2,1-2H3/b12-6-. The Kier molecular flexibility index (Phi) is 6.94. The van der Waals surface area contributed by atoms with Crippen LogP contribution >= 0.6 is 0 Å². The Labute approximate surface area is 125 Å². The number of hydrogen-bond donors (Lipinski definition) is 0. The molecule has 1 rings (SSSR count). The molecule has 6 nitrogen and oxygen atoms in total. The topological polar surface area (TPSA) is 74.7 Å². The molecule has 0 N–H and O–H groups in total. The molecule has 0 bridgehead atoms. The number of esters is 1. The van der Waals surface area contributed by atoms with Gasteiger partial charge in [-0.1, -0.05) is 0 Å². The molecule has 0 saturated heterocycles. The fourth-order valence-corrected chi connectivity index (χ4v) is 1.46. The molecule has 0 aliphatic rings. The molecule has 0 radical (unpaired) electrons. The van der Waals surface area contributed by atoms with Gasteiger partial charge in [0.25, 0.3) is 5.78 Å². The van der Waals surface area contributed by atoms with Crippen molar-refractivity contribution in [1.29, 1.82) is 0 Å². The number of aromatic nitrogens is 1. The fraction of sp³-hybridized carbons (Fsp3) is 0.357. The first-order chi connectivity index (χ1) is 10.5. The van der Waals surface area contributed by atoms with Crippen molar-refractivity contribution >= 4 is 17.5 Å². The van der Waals surface area contributed by atoms with E-state index in [9.17, 15) is 18.4 Å². The van der Waals surface area contributed by atoms with E-state index in [1.165, 1.54) is 12.3 Å². The molecule has 1 aromatic rings. The maximum atomic E-state index is 12.2. The summed E-state index contributed by atoms with van der Waals surface area (Å²) in [7, 11) is 0. The average Bonchev–Trinajstić information content (AvgIpc) is 2.46. The van der Waals surface area contributed by atoms with Crippen LogP contribution in [0.1, 0.15) is 19.4 Å². The smallest absolute Gasteiger partial charge is 0.387 e. The maximum Gasteiger partial charge on any atom is 0.387 e. The summed E-state index contributed by atoms with van der Waals surface area (Å²) >= 11 is 0. The Morgan fingerprint density at radius 3 is 2.50 bits per heavy atom. The minimum absolute atomic E-state index is 0.00719. The number of pyridine rings is 1. The van der Waals surface area contributed by atoms with Gasteiger partial charge in [0.15, 0.2) is 0 Å². The van der Waals surface area contributed by atoms with Gasteiger partial charge in [0.1, 0.15) is 11.5 Å². The molecule has 0 aliphatic heterocycles. The van der Waals surface area contributed by atoms with Crippen LogP contribution < -0.4 is 4.74 Å². The van der Waals surface area contributed by atoms with E-state index >= 15 is 0 Å². The van der Waals surface area contributed by atoms with Crippen LogP contribution in [0.25, 0.3) is 5.76 Å². The summed E-state index contributed by atoms with van der Waals surface area (Å²) < 4.78 is 38.4. The van der Waals surface area contributed by atoms with E-state index < -0.39 is 18.4 Å². The van der Waals surface area contributed by atoms with Gasteiger partial charge in [-0.05, 0) is 19.9 Å². The molecule has 0 unspecified atom stereocenters. The van der Waals surface area contributed by atoms with Crippen molar-refractivity contribution in [3.05, 3.63) is 30.1 Å². The number of hydrogen-bond acceptors (Lipinski definition) is 6. The molecule has 1 heterocycles. The summed E-state index contributed by atoms with van der Waals surface area (Å²) in [6, 6.07) is 1.22. The second-order valence-corrected chi connectivity index (χ2v) is 3.81. The number of ketones is 1. The first-order valence-electron chi connectivity index (χ1n) is 6.43. The highest BCUT2D eigenvalue weighted by atomic mass is 19.3. The molecular formula is C14H15F2NO5. The van der Waals surface area contributed by atoms with E-state index in [1.807, 2.05) is 0 Å². The fourth-order valence-electron chi connectivity index (χ4n) is 1.46. The lowest BCUT2D eigenvalue weighted by Gasteiger charge is -2.10. The first-order valence-corrected chi connectivity index (χ1v) is 6.43. The van der Waals surface area contributed by atoms with Gasteiger partial charge < -0.3 is 14.2 Å².